The topological polar surface area (TPSA) is 58.6 Å². The fourth-order valence-corrected chi connectivity index (χ4v) is 4.38. The van der Waals surface area contributed by atoms with Crippen molar-refractivity contribution in [1.29, 1.82) is 0 Å². The van der Waals surface area contributed by atoms with Crippen LogP contribution in [0.3, 0.4) is 0 Å². The number of amides is 2. The summed E-state index contributed by atoms with van der Waals surface area (Å²) in [7, 11) is 3.06. The first kappa shape index (κ1) is 21.0. The van der Waals surface area contributed by atoms with Crippen LogP contribution in [-0.4, -0.2) is 37.4 Å². The first-order chi connectivity index (χ1) is 13.8. The van der Waals surface area contributed by atoms with Crippen molar-refractivity contribution < 1.29 is 18.7 Å². The van der Waals surface area contributed by atoms with E-state index in [1.807, 2.05) is 32.0 Å². The van der Waals surface area contributed by atoms with E-state index >= 15 is 0 Å². The van der Waals surface area contributed by atoms with E-state index in [0.717, 1.165) is 16.8 Å². The number of nitrogens with one attached hydrogen (secondary N) is 1. The molecule has 3 rings (SSSR count). The van der Waals surface area contributed by atoms with Gasteiger partial charge in [0.1, 0.15) is 5.82 Å². The molecule has 0 atom stereocenters. The highest BCUT2D eigenvalue weighted by atomic mass is 32.1. The third kappa shape index (κ3) is 4.31. The molecular formula is C22H23FN2O3S. The number of thiophene rings is 1. The molecule has 1 heterocycles. The largest absolute Gasteiger partial charge is 0.380 e. The van der Waals surface area contributed by atoms with Crippen molar-refractivity contribution in [2.45, 2.75) is 20.5 Å². The van der Waals surface area contributed by atoms with E-state index in [4.69, 9.17) is 4.74 Å². The molecule has 0 aliphatic rings. The number of aryl methyl sites for hydroxylation is 1. The highest BCUT2D eigenvalue weighted by Gasteiger charge is 2.24. The van der Waals surface area contributed by atoms with Crippen molar-refractivity contribution in [1.82, 2.24) is 4.90 Å². The minimum absolute atomic E-state index is 0.116. The first-order valence-corrected chi connectivity index (χ1v) is 9.95. The van der Waals surface area contributed by atoms with E-state index in [0.29, 0.717) is 20.5 Å². The molecule has 0 aliphatic heterocycles. The van der Waals surface area contributed by atoms with Crippen LogP contribution in [-0.2, 0) is 16.1 Å². The smallest absolute Gasteiger partial charge is 0.264 e. The second-order valence-corrected chi connectivity index (χ2v) is 7.96. The van der Waals surface area contributed by atoms with Gasteiger partial charge in [-0.3, -0.25) is 9.59 Å². The van der Waals surface area contributed by atoms with Crippen LogP contribution >= 0.6 is 11.3 Å². The Balaban J connectivity index is 1.81. The summed E-state index contributed by atoms with van der Waals surface area (Å²) in [6, 6.07) is 10.4. The molecule has 0 bridgehead atoms. The number of rotatable bonds is 6. The quantitative estimate of drug-likeness (QED) is 0.645. The van der Waals surface area contributed by atoms with Crippen molar-refractivity contribution in [3.8, 4) is 0 Å². The Kier molecular flexibility index (Phi) is 6.30. The molecule has 2 aromatic carbocycles. The van der Waals surface area contributed by atoms with Gasteiger partial charge in [0.05, 0.1) is 18.0 Å². The normalized spacial score (nSPS) is 10.9. The zero-order valence-electron chi connectivity index (χ0n) is 16.8. The van der Waals surface area contributed by atoms with E-state index in [-0.39, 0.29) is 30.8 Å². The lowest BCUT2D eigenvalue weighted by atomic mass is 10.1. The molecule has 152 valence electrons. The lowest BCUT2D eigenvalue weighted by Gasteiger charge is -2.18. The number of hydrogen-bond acceptors (Lipinski definition) is 4. The van der Waals surface area contributed by atoms with Gasteiger partial charge in [0, 0.05) is 35.5 Å². The molecule has 3 aromatic rings. The van der Waals surface area contributed by atoms with Gasteiger partial charge < -0.3 is 15.0 Å². The number of fused-ring (bicyclic) bond motifs is 1. The average Bonchev–Trinajstić information content (AvgIpc) is 3.05. The molecule has 29 heavy (non-hydrogen) atoms. The fraction of sp³-hybridized carbons (Fsp3) is 0.273. The van der Waals surface area contributed by atoms with Crippen LogP contribution in [0.15, 0.2) is 36.4 Å². The predicted molar refractivity (Wildman–Crippen MR) is 114 cm³/mol. The van der Waals surface area contributed by atoms with E-state index in [1.54, 1.807) is 19.2 Å². The molecule has 1 N–H and O–H groups in total. The standard InChI is InChI=1S/C22H23FN2O3S/c1-13-7-5-9-17(14(13)2)24-19(26)11-25(3)22(27)21-15(12-28-4)20-16(23)8-6-10-18(20)29-21/h5-10H,11-12H2,1-4H3,(H,24,26). The number of anilines is 1. The summed E-state index contributed by atoms with van der Waals surface area (Å²) in [5, 5.41) is 3.25. The van der Waals surface area contributed by atoms with Crippen molar-refractivity contribution in [2.75, 3.05) is 26.0 Å². The third-order valence-corrected chi connectivity index (χ3v) is 6.04. The van der Waals surface area contributed by atoms with E-state index in [9.17, 15) is 14.0 Å². The zero-order chi connectivity index (χ0) is 21.1. The molecule has 2 amide bonds. The minimum atomic E-state index is -0.389. The maximum absolute atomic E-state index is 14.3. The fourth-order valence-electron chi connectivity index (χ4n) is 3.16. The van der Waals surface area contributed by atoms with Crippen LogP contribution in [0.1, 0.15) is 26.4 Å². The van der Waals surface area contributed by atoms with Crippen molar-refractivity contribution in [3.05, 3.63) is 63.8 Å². The van der Waals surface area contributed by atoms with Crippen molar-refractivity contribution in [2.24, 2.45) is 0 Å². The molecule has 0 unspecified atom stereocenters. The SMILES string of the molecule is COCc1c(C(=O)N(C)CC(=O)Nc2cccc(C)c2C)sc2cccc(F)c12. The van der Waals surface area contributed by atoms with Gasteiger partial charge in [0.25, 0.3) is 5.91 Å². The molecule has 0 fully saturated rings. The molecule has 0 spiro atoms. The lowest BCUT2D eigenvalue weighted by Crippen LogP contribution is -2.35. The van der Waals surface area contributed by atoms with E-state index < -0.39 is 0 Å². The van der Waals surface area contributed by atoms with Crippen molar-refractivity contribution in [3.63, 3.8) is 0 Å². The molecule has 0 saturated carbocycles. The number of benzene rings is 2. The molecule has 0 radical (unpaired) electrons. The summed E-state index contributed by atoms with van der Waals surface area (Å²) in [5.41, 5.74) is 3.29. The summed E-state index contributed by atoms with van der Waals surface area (Å²) >= 11 is 1.21. The number of hydrogen-bond donors (Lipinski definition) is 1. The van der Waals surface area contributed by atoms with Gasteiger partial charge in [-0.2, -0.15) is 0 Å². The number of ether oxygens (including phenoxy) is 1. The van der Waals surface area contributed by atoms with Gasteiger partial charge in [-0.15, -0.1) is 11.3 Å². The third-order valence-electron chi connectivity index (χ3n) is 4.85. The number of nitrogens with zero attached hydrogens (tertiary/aromatic N) is 1. The summed E-state index contributed by atoms with van der Waals surface area (Å²) in [6.45, 7) is 3.90. The Morgan fingerprint density at radius 1 is 1.17 bits per heavy atom. The van der Waals surface area contributed by atoms with Gasteiger partial charge in [-0.25, -0.2) is 4.39 Å². The molecule has 1 aromatic heterocycles. The molecule has 0 saturated heterocycles. The number of methoxy groups -OCH3 is 1. The van der Waals surface area contributed by atoms with Gasteiger partial charge in [0.15, 0.2) is 0 Å². The average molecular weight is 415 g/mol. The monoisotopic (exact) mass is 414 g/mol. The summed E-state index contributed by atoms with van der Waals surface area (Å²) < 4.78 is 20.2. The van der Waals surface area contributed by atoms with E-state index in [2.05, 4.69) is 5.32 Å². The Morgan fingerprint density at radius 3 is 2.62 bits per heavy atom. The lowest BCUT2D eigenvalue weighted by molar-refractivity contribution is -0.116. The van der Waals surface area contributed by atoms with Gasteiger partial charge in [-0.1, -0.05) is 18.2 Å². The highest BCUT2D eigenvalue weighted by molar-refractivity contribution is 7.21. The summed E-state index contributed by atoms with van der Waals surface area (Å²) in [5.74, 6) is -1.02. The second-order valence-electron chi connectivity index (χ2n) is 6.91. The van der Waals surface area contributed by atoms with Gasteiger partial charge in [0.2, 0.25) is 5.91 Å². The van der Waals surface area contributed by atoms with Crippen molar-refractivity contribution >= 4 is 38.9 Å². The minimum Gasteiger partial charge on any atom is -0.380 e. The maximum atomic E-state index is 14.3. The van der Waals surface area contributed by atoms with Crippen LogP contribution in [0.2, 0.25) is 0 Å². The number of carbonyl (C=O) groups is 2. The van der Waals surface area contributed by atoms with Crippen LogP contribution < -0.4 is 5.32 Å². The van der Waals surface area contributed by atoms with Crippen LogP contribution in [0.5, 0.6) is 0 Å². The van der Waals surface area contributed by atoms with Gasteiger partial charge in [-0.05, 0) is 43.2 Å². The van der Waals surface area contributed by atoms with Crippen LogP contribution in [0, 0.1) is 19.7 Å². The summed E-state index contributed by atoms with van der Waals surface area (Å²) in [6.07, 6.45) is 0. The molecular weight excluding hydrogens is 391 g/mol. The van der Waals surface area contributed by atoms with Crippen LogP contribution in [0.4, 0.5) is 10.1 Å². The Labute approximate surface area is 173 Å². The van der Waals surface area contributed by atoms with Gasteiger partial charge >= 0.3 is 0 Å². The zero-order valence-corrected chi connectivity index (χ0v) is 17.7. The molecule has 5 nitrogen and oxygen atoms in total. The molecule has 7 heteroatoms. The maximum Gasteiger partial charge on any atom is 0.264 e. The Morgan fingerprint density at radius 2 is 1.90 bits per heavy atom. The number of halogens is 1. The Hall–Kier alpha value is -2.77. The number of carbonyl (C=O) groups excluding carboxylic acids is 2. The highest BCUT2D eigenvalue weighted by Crippen LogP contribution is 2.34. The second kappa shape index (κ2) is 8.71. The van der Waals surface area contributed by atoms with E-state index in [1.165, 1.54) is 29.4 Å². The molecule has 0 aliphatic carbocycles. The Bertz CT molecular complexity index is 1080. The number of likely N-dealkylation sites (N-methyl/N-ethyl adjacent to an activating group) is 1. The summed E-state index contributed by atoms with van der Waals surface area (Å²) in [4.78, 5) is 27.2. The first-order valence-electron chi connectivity index (χ1n) is 9.13. The van der Waals surface area contributed by atoms with Crippen LogP contribution in [0.25, 0.3) is 10.1 Å². The predicted octanol–water partition coefficient (Wildman–Crippen LogP) is 4.51.